The number of aromatic carboxylic acids is 1. The summed E-state index contributed by atoms with van der Waals surface area (Å²) in [6, 6.07) is 3.57. The molecule has 0 aliphatic heterocycles. The molecule has 0 aliphatic carbocycles. The molecule has 0 radical (unpaired) electrons. The molecule has 0 aliphatic rings. The average molecular weight is 323 g/mol. The second-order valence-corrected chi connectivity index (χ2v) is 6.61. The zero-order valence-corrected chi connectivity index (χ0v) is 12.9. The van der Waals surface area contributed by atoms with Crippen molar-refractivity contribution in [1.29, 1.82) is 0 Å². The molecule has 118 valence electrons. The normalized spacial score (nSPS) is 14.5. The number of H-pyrrole nitrogens is 1. The predicted molar refractivity (Wildman–Crippen MR) is 80.7 cm³/mol. The van der Waals surface area contributed by atoms with Gasteiger partial charge in [-0.15, -0.1) is 11.3 Å². The number of carboxylic acid groups (broad SMARTS) is 1. The standard InChI is InChI=1S/C14H17N3O4S/c1-14(2,10(18)11(15)19)9(7-4-3-5-16-7)12-17-6-8(22-12)13(20)21/h3-6,9-10,16,18H,1-2H3,(H2,15,19)(H,20,21). The van der Waals surface area contributed by atoms with Crippen LogP contribution in [0.2, 0.25) is 0 Å². The molecule has 7 nitrogen and oxygen atoms in total. The largest absolute Gasteiger partial charge is 0.477 e. The lowest BCUT2D eigenvalue weighted by atomic mass is 9.72. The van der Waals surface area contributed by atoms with Crippen LogP contribution in [0.15, 0.2) is 24.5 Å². The van der Waals surface area contributed by atoms with Crippen LogP contribution in [0.25, 0.3) is 0 Å². The van der Waals surface area contributed by atoms with Gasteiger partial charge < -0.3 is 20.9 Å². The summed E-state index contributed by atoms with van der Waals surface area (Å²) in [6.07, 6.45) is 1.57. The van der Waals surface area contributed by atoms with Gasteiger partial charge in [0.15, 0.2) is 0 Å². The van der Waals surface area contributed by atoms with Crippen molar-refractivity contribution in [2.75, 3.05) is 0 Å². The Morgan fingerprint density at radius 3 is 2.59 bits per heavy atom. The summed E-state index contributed by atoms with van der Waals surface area (Å²) in [4.78, 5) is 29.7. The zero-order chi connectivity index (χ0) is 16.5. The van der Waals surface area contributed by atoms with E-state index in [1.54, 1.807) is 32.2 Å². The van der Waals surface area contributed by atoms with Gasteiger partial charge >= 0.3 is 5.97 Å². The topological polar surface area (TPSA) is 129 Å². The van der Waals surface area contributed by atoms with Crippen molar-refractivity contribution in [1.82, 2.24) is 9.97 Å². The fourth-order valence-corrected chi connectivity index (χ4v) is 3.49. The average Bonchev–Trinajstić information content (AvgIpc) is 3.09. The number of nitrogens with zero attached hydrogens (tertiary/aromatic N) is 1. The number of aliphatic hydroxyl groups is 1. The number of thiazole rings is 1. The molecule has 2 heterocycles. The minimum Gasteiger partial charge on any atom is -0.477 e. The Morgan fingerprint density at radius 2 is 2.14 bits per heavy atom. The first-order chi connectivity index (χ1) is 10.2. The highest BCUT2D eigenvalue weighted by atomic mass is 32.1. The number of primary amides is 1. The Balaban J connectivity index is 2.52. The quantitative estimate of drug-likeness (QED) is 0.634. The zero-order valence-electron chi connectivity index (χ0n) is 12.1. The van der Waals surface area contributed by atoms with Crippen molar-refractivity contribution in [3.63, 3.8) is 0 Å². The van der Waals surface area contributed by atoms with E-state index in [0.717, 1.165) is 17.0 Å². The highest BCUT2D eigenvalue weighted by molar-refractivity contribution is 7.13. The maximum atomic E-state index is 11.4. The molecule has 22 heavy (non-hydrogen) atoms. The van der Waals surface area contributed by atoms with Crippen molar-refractivity contribution in [3.05, 3.63) is 40.1 Å². The number of hydrogen-bond acceptors (Lipinski definition) is 5. The third kappa shape index (κ3) is 2.88. The summed E-state index contributed by atoms with van der Waals surface area (Å²) >= 11 is 1.01. The van der Waals surface area contributed by atoms with Gasteiger partial charge in [0.1, 0.15) is 16.0 Å². The molecule has 2 aromatic heterocycles. The van der Waals surface area contributed by atoms with Crippen LogP contribution in [0.3, 0.4) is 0 Å². The van der Waals surface area contributed by atoms with Crippen LogP contribution in [0.5, 0.6) is 0 Å². The molecule has 2 atom stereocenters. The molecule has 2 aromatic rings. The number of aromatic amines is 1. The molecule has 8 heteroatoms. The summed E-state index contributed by atoms with van der Waals surface area (Å²) in [5, 5.41) is 19.7. The number of aliphatic hydroxyl groups excluding tert-OH is 1. The Hall–Kier alpha value is -2.19. The van der Waals surface area contributed by atoms with Crippen molar-refractivity contribution >= 4 is 23.2 Å². The Bertz CT molecular complexity index is 678. The van der Waals surface area contributed by atoms with Crippen LogP contribution in [0.1, 0.15) is 40.1 Å². The lowest BCUT2D eigenvalue weighted by Gasteiger charge is -2.35. The highest BCUT2D eigenvalue weighted by Gasteiger charge is 2.43. The van der Waals surface area contributed by atoms with Gasteiger partial charge in [0.05, 0.1) is 12.1 Å². The SMILES string of the molecule is CC(C)(C(O)C(N)=O)C(c1ccc[nH]1)c1ncc(C(=O)O)s1. The van der Waals surface area contributed by atoms with Crippen LogP contribution in [-0.4, -0.2) is 38.2 Å². The molecular formula is C14H17N3O4S. The van der Waals surface area contributed by atoms with Gasteiger partial charge in [0.2, 0.25) is 5.91 Å². The molecule has 0 bridgehead atoms. The van der Waals surface area contributed by atoms with E-state index >= 15 is 0 Å². The number of rotatable bonds is 6. The minimum absolute atomic E-state index is 0.0934. The number of hydrogen-bond donors (Lipinski definition) is 4. The van der Waals surface area contributed by atoms with E-state index < -0.39 is 29.3 Å². The van der Waals surface area contributed by atoms with Gasteiger partial charge in [0, 0.05) is 17.3 Å². The number of carbonyl (C=O) groups excluding carboxylic acids is 1. The van der Waals surface area contributed by atoms with Gasteiger partial charge in [-0.1, -0.05) is 13.8 Å². The summed E-state index contributed by atoms with van der Waals surface area (Å²) in [5.74, 6) is -2.40. The summed E-state index contributed by atoms with van der Waals surface area (Å²) in [5.41, 5.74) is 4.99. The van der Waals surface area contributed by atoms with Crippen molar-refractivity contribution < 1.29 is 19.8 Å². The molecule has 2 unspecified atom stereocenters. The van der Waals surface area contributed by atoms with Crippen LogP contribution in [0, 0.1) is 5.41 Å². The molecule has 0 saturated carbocycles. The lowest BCUT2D eigenvalue weighted by molar-refractivity contribution is -0.132. The first-order valence-electron chi connectivity index (χ1n) is 6.54. The number of amides is 1. The van der Waals surface area contributed by atoms with Crippen LogP contribution in [0.4, 0.5) is 0 Å². The molecule has 0 fully saturated rings. The van der Waals surface area contributed by atoms with Gasteiger partial charge in [0.25, 0.3) is 0 Å². The van der Waals surface area contributed by atoms with E-state index in [1.165, 1.54) is 6.20 Å². The number of carboxylic acids is 1. The summed E-state index contributed by atoms with van der Waals surface area (Å²) < 4.78 is 0. The van der Waals surface area contributed by atoms with Crippen molar-refractivity contribution in [3.8, 4) is 0 Å². The van der Waals surface area contributed by atoms with Crippen molar-refractivity contribution in [2.24, 2.45) is 11.1 Å². The van der Waals surface area contributed by atoms with Gasteiger partial charge in [-0.3, -0.25) is 4.79 Å². The minimum atomic E-state index is -1.40. The summed E-state index contributed by atoms with van der Waals surface area (Å²) in [7, 11) is 0. The fourth-order valence-electron chi connectivity index (χ4n) is 2.42. The Kier molecular flexibility index (Phi) is 4.34. The third-order valence-electron chi connectivity index (χ3n) is 3.63. The van der Waals surface area contributed by atoms with E-state index in [4.69, 9.17) is 10.8 Å². The van der Waals surface area contributed by atoms with E-state index in [9.17, 15) is 14.7 Å². The maximum absolute atomic E-state index is 11.4. The molecule has 2 rings (SSSR count). The molecule has 5 N–H and O–H groups in total. The monoisotopic (exact) mass is 323 g/mol. The highest BCUT2D eigenvalue weighted by Crippen LogP contribution is 2.44. The maximum Gasteiger partial charge on any atom is 0.347 e. The number of aromatic nitrogens is 2. The first kappa shape index (κ1) is 16.2. The van der Waals surface area contributed by atoms with Crippen LogP contribution in [-0.2, 0) is 4.79 Å². The second-order valence-electron chi connectivity index (χ2n) is 5.55. The molecule has 0 aromatic carbocycles. The smallest absolute Gasteiger partial charge is 0.347 e. The molecule has 0 spiro atoms. The van der Waals surface area contributed by atoms with Crippen LogP contribution < -0.4 is 5.73 Å². The predicted octanol–water partition coefficient (Wildman–Crippen LogP) is 1.17. The Labute approximate surface area is 130 Å². The summed E-state index contributed by atoms with van der Waals surface area (Å²) in [6.45, 7) is 3.38. The van der Waals surface area contributed by atoms with Gasteiger partial charge in [-0.05, 0) is 12.1 Å². The van der Waals surface area contributed by atoms with Crippen LogP contribution >= 0.6 is 11.3 Å². The number of carbonyl (C=O) groups is 2. The molecule has 0 saturated heterocycles. The number of nitrogens with one attached hydrogen (secondary N) is 1. The van der Waals surface area contributed by atoms with E-state index in [2.05, 4.69) is 9.97 Å². The van der Waals surface area contributed by atoms with E-state index in [-0.39, 0.29) is 4.88 Å². The van der Waals surface area contributed by atoms with E-state index in [1.807, 2.05) is 0 Å². The lowest BCUT2D eigenvalue weighted by Crippen LogP contribution is -2.44. The van der Waals surface area contributed by atoms with Crippen molar-refractivity contribution in [2.45, 2.75) is 25.9 Å². The molecule has 1 amide bonds. The third-order valence-corrected chi connectivity index (χ3v) is 4.68. The number of nitrogens with two attached hydrogens (primary N) is 1. The first-order valence-corrected chi connectivity index (χ1v) is 7.36. The second kappa shape index (κ2) is 5.90. The van der Waals surface area contributed by atoms with E-state index in [0.29, 0.717) is 5.01 Å². The van der Waals surface area contributed by atoms with Gasteiger partial charge in [-0.25, -0.2) is 9.78 Å². The molecular weight excluding hydrogens is 306 g/mol. The Morgan fingerprint density at radius 1 is 1.45 bits per heavy atom. The fraction of sp³-hybridized carbons (Fsp3) is 0.357. The van der Waals surface area contributed by atoms with Gasteiger partial charge in [-0.2, -0.15) is 0 Å².